The molecular formula is C19H26N2. The summed E-state index contributed by atoms with van der Waals surface area (Å²) in [5.41, 5.74) is 8.65. The fourth-order valence-corrected chi connectivity index (χ4v) is 2.77. The van der Waals surface area contributed by atoms with Crippen molar-refractivity contribution in [3.63, 3.8) is 0 Å². The predicted octanol–water partition coefficient (Wildman–Crippen LogP) is 3.86. The van der Waals surface area contributed by atoms with Crippen LogP contribution in [0.15, 0.2) is 60.7 Å². The maximum absolute atomic E-state index is 5.96. The standard InChI is InChI=1S/C19H26N2/c1-15(17-9-5-3-6-10-17)13-19(14-20)21-16(2)18-11-7-4-8-12-18/h3-12,15-16,19,21H,13-14,20H2,1-2H3. The molecule has 0 spiro atoms. The molecule has 2 nitrogen and oxygen atoms in total. The molecule has 112 valence electrons. The molecule has 0 aliphatic heterocycles. The normalized spacial score (nSPS) is 15.4. The molecule has 0 fully saturated rings. The molecule has 2 aromatic carbocycles. The molecule has 0 heterocycles. The van der Waals surface area contributed by atoms with E-state index < -0.39 is 0 Å². The highest BCUT2D eigenvalue weighted by Gasteiger charge is 2.16. The molecule has 0 aliphatic carbocycles. The van der Waals surface area contributed by atoms with Gasteiger partial charge in [-0.3, -0.25) is 0 Å². The topological polar surface area (TPSA) is 38.0 Å². The predicted molar refractivity (Wildman–Crippen MR) is 90.3 cm³/mol. The van der Waals surface area contributed by atoms with E-state index in [0.717, 1.165) is 6.42 Å². The molecule has 0 saturated heterocycles. The van der Waals surface area contributed by atoms with Crippen LogP contribution in [0.25, 0.3) is 0 Å². The van der Waals surface area contributed by atoms with E-state index in [9.17, 15) is 0 Å². The molecule has 3 N–H and O–H groups in total. The van der Waals surface area contributed by atoms with Gasteiger partial charge in [-0.15, -0.1) is 0 Å². The zero-order valence-electron chi connectivity index (χ0n) is 13.0. The van der Waals surface area contributed by atoms with Gasteiger partial charge in [0.1, 0.15) is 0 Å². The third-order valence-electron chi connectivity index (χ3n) is 4.08. The van der Waals surface area contributed by atoms with Gasteiger partial charge in [0.2, 0.25) is 0 Å². The first kappa shape index (κ1) is 15.7. The monoisotopic (exact) mass is 282 g/mol. The van der Waals surface area contributed by atoms with Crippen molar-refractivity contribution in [1.82, 2.24) is 5.32 Å². The van der Waals surface area contributed by atoms with Crippen molar-refractivity contribution in [3.8, 4) is 0 Å². The number of hydrogen-bond donors (Lipinski definition) is 2. The molecule has 0 bridgehead atoms. The quantitative estimate of drug-likeness (QED) is 0.809. The Morgan fingerprint density at radius 2 is 1.38 bits per heavy atom. The van der Waals surface area contributed by atoms with Gasteiger partial charge >= 0.3 is 0 Å². The Labute approximate surface area is 128 Å². The van der Waals surface area contributed by atoms with Gasteiger partial charge in [0.15, 0.2) is 0 Å². The maximum Gasteiger partial charge on any atom is 0.0294 e. The van der Waals surface area contributed by atoms with E-state index in [-0.39, 0.29) is 0 Å². The minimum Gasteiger partial charge on any atom is -0.329 e. The molecule has 0 aromatic heterocycles. The Balaban J connectivity index is 1.94. The van der Waals surface area contributed by atoms with Crippen LogP contribution in [-0.2, 0) is 0 Å². The van der Waals surface area contributed by atoms with Gasteiger partial charge in [0.25, 0.3) is 0 Å². The van der Waals surface area contributed by atoms with E-state index in [1.165, 1.54) is 11.1 Å². The van der Waals surface area contributed by atoms with Gasteiger partial charge in [-0.2, -0.15) is 0 Å². The van der Waals surface area contributed by atoms with E-state index in [2.05, 4.69) is 73.8 Å². The van der Waals surface area contributed by atoms with Crippen LogP contribution in [0.5, 0.6) is 0 Å². The van der Waals surface area contributed by atoms with Crippen LogP contribution in [0.3, 0.4) is 0 Å². The minimum absolute atomic E-state index is 0.322. The van der Waals surface area contributed by atoms with Crippen LogP contribution in [0.2, 0.25) is 0 Å². The van der Waals surface area contributed by atoms with Crippen molar-refractivity contribution < 1.29 is 0 Å². The summed E-state index contributed by atoms with van der Waals surface area (Å²) >= 11 is 0. The molecule has 2 rings (SSSR count). The smallest absolute Gasteiger partial charge is 0.0294 e. The first-order chi connectivity index (χ1) is 10.2. The molecule has 0 radical (unpaired) electrons. The van der Waals surface area contributed by atoms with E-state index in [4.69, 9.17) is 5.73 Å². The lowest BCUT2D eigenvalue weighted by molar-refractivity contribution is 0.414. The van der Waals surface area contributed by atoms with E-state index in [1.807, 2.05) is 6.07 Å². The van der Waals surface area contributed by atoms with Gasteiger partial charge in [-0.1, -0.05) is 67.6 Å². The first-order valence-electron chi connectivity index (χ1n) is 7.76. The first-order valence-corrected chi connectivity index (χ1v) is 7.76. The Bertz CT molecular complexity index is 462. The summed E-state index contributed by atoms with van der Waals surface area (Å²) in [4.78, 5) is 0. The van der Waals surface area contributed by atoms with Crippen LogP contribution in [0, 0.1) is 0 Å². The van der Waals surface area contributed by atoms with Crippen molar-refractivity contribution in [2.45, 2.75) is 38.3 Å². The van der Waals surface area contributed by atoms with Crippen molar-refractivity contribution in [2.75, 3.05) is 6.54 Å². The van der Waals surface area contributed by atoms with Crippen molar-refractivity contribution >= 4 is 0 Å². The largest absolute Gasteiger partial charge is 0.329 e. The van der Waals surface area contributed by atoms with Gasteiger partial charge in [0, 0.05) is 18.6 Å². The molecule has 2 aromatic rings. The summed E-state index contributed by atoms with van der Waals surface area (Å²) in [6.07, 6.45) is 1.05. The van der Waals surface area contributed by atoms with Crippen molar-refractivity contribution in [3.05, 3.63) is 71.8 Å². The lowest BCUT2D eigenvalue weighted by Crippen LogP contribution is -2.38. The lowest BCUT2D eigenvalue weighted by Gasteiger charge is -2.25. The summed E-state index contributed by atoms with van der Waals surface area (Å²) in [5, 5.41) is 3.66. The third-order valence-corrected chi connectivity index (χ3v) is 4.08. The molecule has 0 saturated carbocycles. The number of nitrogens with two attached hydrogens (primary N) is 1. The molecule has 0 amide bonds. The minimum atomic E-state index is 0.322. The summed E-state index contributed by atoms with van der Waals surface area (Å²) < 4.78 is 0. The number of hydrogen-bond acceptors (Lipinski definition) is 2. The second kappa shape index (κ2) is 7.96. The van der Waals surface area contributed by atoms with Crippen LogP contribution in [0.4, 0.5) is 0 Å². The van der Waals surface area contributed by atoms with E-state index >= 15 is 0 Å². The summed E-state index contributed by atoms with van der Waals surface area (Å²) in [5.74, 6) is 0.509. The molecule has 21 heavy (non-hydrogen) atoms. The fraction of sp³-hybridized carbons (Fsp3) is 0.368. The highest BCUT2D eigenvalue weighted by atomic mass is 15.0. The zero-order chi connectivity index (χ0) is 15.1. The van der Waals surface area contributed by atoms with Gasteiger partial charge in [0.05, 0.1) is 0 Å². The fourth-order valence-electron chi connectivity index (χ4n) is 2.77. The average Bonchev–Trinajstić information content (AvgIpc) is 2.55. The third kappa shape index (κ3) is 4.69. The number of nitrogens with one attached hydrogen (secondary N) is 1. The number of rotatable bonds is 7. The molecule has 2 heteroatoms. The van der Waals surface area contributed by atoms with Crippen LogP contribution < -0.4 is 11.1 Å². The molecule has 3 unspecified atom stereocenters. The maximum atomic E-state index is 5.96. The zero-order valence-corrected chi connectivity index (χ0v) is 13.0. The van der Waals surface area contributed by atoms with Crippen LogP contribution in [0.1, 0.15) is 43.4 Å². The highest BCUT2D eigenvalue weighted by molar-refractivity contribution is 5.20. The summed E-state index contributed by atoms with van der Waals surface area (Å²) in [6.45, 7) is 5.13. The summed E-state index contributed by atoms with van der Waals surface area (Å²) in [6, 6.07) is 21.8. The molecular weight excluding hydrogens is 256 g/mol. The molecule has 0 aliphatic rings. The van der Waals surface area contributed by atoms with Crippen LogP contribution in [-0.4, -0.2) is 12.6 Å². The average molecular weight is 282 g/mol. The second-order valence-corrected chi connectivity index (χ2v) is 5.78. The Morgan fingerprint density at radius 1 is 0.857 bits per heavy atom. The Morgan fingerprint density at radius 3 is 1.90 bits per heavy atom. The lowest BCUT2D eigenvalue weighted by atomic mass is 9.93. The van der Waals surface area contributed by atoms with Crippen molar-refractivity contribution in [1.29, 1.82) is 0 Å². The summed E-state index contributed by atoms with van der Waals surface area (Å²) in [7, 11) is 0. The van der Waals surface area contributed by atoms with Crippen LogP contribution >= 0.6 is 0 Å². The highest BCUT2D eigenvalue weighted by Crippen LogP contribution is 2.21. The molecule has 3 atom stereocenters. The Kier molecular flexibility index (Phi) is 5.97. The second-order valence-electron chi connectivity index (χ2n) is 5.78. The SMILES string of the molecule is CC(CC(CN)NC(C)c1ccccc1)c1ccccc1. The van der Waals surface area contributed by atoms with E-state index in [0.29, 0.717) is 24.5 Å². The van der Waals surface area contributed by atoms with Gasteiger partial charge < -0.3 is 11.1 Å². The number of benzene rings is 2. The van der Waals surface area contributed by atoms with Gasteiger partial charge in [-0.05, 0) is 30.4 Å². The van der Waals surface area contributed by atoms with E-state index in [1.54, 1.807) is 0 Å². The Hall–Kier alpha value is -1.64. The van der Waals surface area contributed by atoms with Gasteiger partial charge in [-0.25, -0.2) is 0 Å². The van der Waals surface area contributed by atoms with Crippen molar-refractivity contribution in [2.24, 2.45) is 5.73 Å².